The topological polar surface area (TPSA) is 73.6 Å². The van der Waals surface area contributed by atoms with Gasteiger partial charge in [-0.15, -0.1) is 0 Å². The van der Waals surface area contributed by atoms with Gasteiger partial charge in [0.25, 0.3) is 0 Å². The Kier molecular flexibility index (Phi) is 4.42. The standard InChI is InChI=1S/C16H10BrClO5S/c1-9-6-16(19)22-14-8-11(3-4-12(9)14)23-24(20,21)15-5-2-10(17)7-13(15)18/h2-8H,1H3. The summed E-state index contributed by atoms with van der Waals surface area (Å²) >= 11 is 9.18. The summed E-state index contributed by atoms with van der Waals surface area (Å²) in [6, 6.07) is 10.2. The van der Waals surface area contributed by atoms with E-state index in [4.69, 9.17) is 20.2 Å². The minimum atomic E-state index is -4.12. The van der Waals surface area contributed by atoms with Crippen LogP contribution >= 0.6 is 27.5 Å². The van der Waals surface area contributed by atoms with Gasteiger partial charge in [0.2, 0.25) is 0 Å². The van der Waals surface area contributed by atoms with Crippen LogP contribution in [0.2, 0.25) is 5.02 Å². The molecule has 0 spiro atoms. The van der Waals surface area contributed by atoms with E-state index >= 15 is 0 Å². The van der Waals surface area contributed by atoms with E-state index in [1.807, 2.05) is 0 Å². The van der Waals surface area contributed by atoms with E-state index < -0.39 is 15.7 Å². The van der Waals surface area contributed by atoms with E-state index in [2.05, 4.69) is 15.9 Å². The third-order valence-corrected chi connectivity index (χ3v) is 5.52. The van der Waals surface area contributed by atoms with Crippen LogP contribution in [0.1, 0.15) is 5.56 Å². The Morgan fingerprint density at radius 1 is 1.12 bits per heavy atom. The number of hydrogen-bond donors (Lipinski definition) is 0. The SMILES string of the molecule is Cc1cc(=O)oc2cc(OS(=O)(=O)c3ccc(Br)cc3Cl)ccc12. The Hall–Kier alpha value is -1.83. The van der Waals surface area contributed by atoms with Crippen LogP contribution in [0.15, 0.2) is 61.0 Å². The average Bonchev–Trinajstić information content (AvgIpc) is 2.45. The zero-order valence-electron chi connectivity index (χ0n) is 12.2. The Morgan fingerprint density at radius 3 is 2.58 bits per heavy atom. The highest BCUT2D eigenvalue weighted by Crippen LogP contribution is 2.29. The van der Waals surface area contributed by atoms with Crippen LogP contribution in [0.3, 0.4) is 0 Å². The molecule has 8 heteroatoms. The lowest BCUT2D eigenvalue weighted by atomic mass is 10.1. The molecule has 0 aliphatic rings. The first kappa shape index (κ1) is 17.0. The second-order valence-electron chi connectivity index (χ2n) is 5.02. The summed E-state index contributed by atoms with van der Waals surface area (Å²) in [5, 5.41) is 0.730. The van der Waals surface area contributed by atoms with E-state index in [0.717, 1.165) is 5.56 Å². The fraction of sp³-hybridized carbons (Fsp3) is 0.0625. The van der Waals surface area contributed by atoms with Crippen LogP contribution in [0.5, 0.6) is 5.75 Å². The highest BCUT2D eigenvalue weighted by molar-refractivity contribution is 9.10. The molecule has 0 fully saturated rings. The number of benzene rings is 2. The van der Waals surface area contributed by atoms with Gasteiger partial charge in [0, 0.05) is 22.0 Å². The molecule has 0 radical (unpaired) electrons. The Bertz CT molecular complexity index is 1110. The summed E-state index contributed by atoms with van der Waals surface area (Å²) in [5.41, 5.74) is 0.456. The van der Waals surface area contributed by atoms with Crippen molar-refractivity contribution in [2.75, 3.05) is 0 Å². The molecular weight excluding hydrogens is 420 g/mol. The van der Waals surface area contributed by atoms with Gasteiger partial charge in [-0.1, -0.05) is 27.5 Å². The van der Waals surface area contributed by atoms with Crippen molar-refractivity contribution in [2.45, 2.75) is 11.8 Å². The summed E-state index contributed by atoms with van der Waals surface area (Å²) in [6.07, 6.45) is 0. The first-order valence-corrected chi connectivity index (χ1v) is 9.28. The molecule has 0 aliphatic heterocycles. The molecule has 124 valence electrons. The van der Waals surface area contributed by atoms with Gasteiger partial charge < -0.3 is 8.60 Å². The maximum atomic E-state index is 12.4. The maximum Gasteiger partial charge on any atom is 0.340 e. The quantitative estimate of drug-likeness (QED) is 0.459. The molecular formula is C16H10BrClO5S. The van der Waals surface area contributed by atoms with Gasteiger partial charge in [-0.05, 0) is 42.8 Å². The number of fused-ring (bicyclic) bond motifs is 1. The van der Waals surface area contributed by atoms with E-state index in [9.17, 15) is 13.2 Å². The van der Waals surface area contributed by atoms with Crippen LogP contribution in [0.25, 0.3) is 11.0 Å². The first-order chi connectivity index (χ1) is 11.3. The largest absolute Gasteiger partial charge is 0.423 e. The van der Waals surface area contributed by atoms with Crippen LogP contribution in [-0.2, 0) is 10.1 Å². The van der Waals surface area contributed by atoms with Crippen molar-refractivity contribution in [2.24, 2.45) is 0 Å². The van der Waals surface area contributed by atoms with Gasteiger partial charge in [0.15, 0.2) is 0 Å². The third-order valence-electron chi connectivity index (χ3n) is 3.29. The molecule has 0 N–H and O–H groups in total. The van der Waals surface area contributed by atoms with E-state index in [-0.39, 0.29) is 21.3 Å². The minimum Gasteiger partial charge on any atom is -0.423 e. The number of hydrogen-bond acceptors (Lipinski definition) is 5. The molecule has 2 aromatic carbocycles. The minimum absolute atomic E-state index is 0.0234. The van der Waals surface area contributed by atoms with Gasteiger partial charge in [0.1, 0.15) is 16.2 Å². The van der Waals surface area contributed by atoms with E-state index in [1.54, 1.807) is 19.1 Å². The van der Waals surface area contributed by atoms with Gasteiger partial charge in [-0.25, -0.2) is 4.79 Å². The van der Waals surface area contributed by atoms with Crippen molar-refractivity contribution in [3.8, 4) is 5.75 Å². The summed E-state index contributed by atoms with van der Waals surface area (Å²) in [7, 11) is -4.12. The molecule has 1 aromatic heterocycles. The number of aryl methyl sites for hydroxylation is 1. The summed E-state index contributed by atoms with van der Waals surface area (Å²) in [6.45, 7) is 1.76. The van der Waals surface area contributed by atoms with Crippen LogP contribution in [0, 0.1) is 6.92 Å². The summed E-state index contributed by atoms with van der Waals surface area (Å²) in [4.78, 5) is 11.3. The zero-order chi connectivity index (χ0) is 17.5. The lowest BCUT2D eigenvalue weighted by molar-refractivity contribution is 0.485. The maximum absolute atomic E-state index is 12.4. The lowest BCUT2D eigenvalue weighted by Gasteiger charge is -2.09. The Labute approximate surface area is 151 Å². The van der Waals surface area contributed by atoms with Crippen LogP contribution in [0.4, 0.5) is 0 Å². The number of rotatable bonds is 3. The Balaban J connectivity index is 2.04. The van der Waals surface area contributed by atoms with Gasteiger partial charge in [0.05, 0.1) is 5.02 Å². The summed E-state index contributed by atoms with van der Waals surface area (Å²) < 4.78 is 35.6. The molecule has 24 heavy (non-hydrogen) atoms. The van der Waals surface area contributed by atoms with E-state index in [1.165, 1.54) is 30.3 Å². The molecule has 0 saturated heterocycles. The van der Waals surface area contributed by atoms with Gasteiger partial charge >= 0.3 is 15.7 Å². The summed E-state index contributed by atoms with van der Waals surface area (Å²) in [5.74, 6) is 0.0234. The van der Waals surface area contributed by atoms with Gasteiger partial charge in [-0.2, -0.15) is 8.42 Å². The predicted octanol–water partition coefficient (Wildman–Crippen LogP) is 4.29. The molecule has 1 heterocycles. The predicted molar refractivity (Wildman–Crippen MR) is 94.2 cm³/mol. The lowest BCUT2D eigenvalue weighted by Crippen LogP contribution is -2.10. The molecule has 0 atom stereocenters. The van der Waals surface area contributed by atoms with Gasteiger partial charge in [-0.3, -0.25) is 0 Å². The fourth-order valence-corrected chi connectivity index (χ4v) is 4.14. The molecule has 3 aromatic rings. The molecule has 0 saturated carbocycles. The molecule has 3 rings (SSSR count). The number of halogens is 2. The van der Waals surface area contributed by atoms with Crippen molar-refractivity contribution in [1.29, 1.82) is 0 Å². The molecule has 0 amide bonds. The second kappa shape index (κ2) is 6.23. The molecule has 0 unspecified atom stereocenters. The van der Waals surface area contributed by atoms with Crippen LogP contribution in [-0.4, -0.2) is 8.42 Å². The van der Waals surface area contributed by atoms with Crippen molar-refractivity contribution in [1.82, 2.24) is 0 Å². The monoisotopic (exact) mass is 428 g/mol. The molecule has 0 aliphatic carbocycles. The normalized spacial score (nSPS) is 11.6. The van der Waals surface area contributed by atoms with Crippen molar-refractivity contribution in [3.05, 3.63) is 67.9 Å². The highest BCUT2D eigenvalue weighted by atomic mass is 79.9. The molecule has 0 bridgehead atoms. The highest BCUT2D eigenvalue weighted by Gasteiger charge is 2.21. The van der Waals surface area contributed by atoms with Crippen molar-refractivity contribution in [3.63, 3.8) is 0 Å². The fourth-order valence-electron chi connectivity index (χ4n) is 2.21. The van der Waals surface area contributed by atoms with Crippen molar-refractivity contribution < 1.29 is 17.0 Å². The smallest absolute Gasteiger partial charge is 0.340 e. The van der Waals surface area contributed by atoms with Crippen LogP contribution < -0.4 is 9.81 Å². The van der Waals surface area contributed by atoms with E-state index in [0.29, 0.717) is 9.86 Å². The third kappa shape index (κ3) is 3.33. The first-order valence-electron chi connectivity index (χ1n) is 6.70. The second-order valence-corrected chi connectivity index (χ2v) is 7.86. The zero-order valence-corrected chi connectivity index (χ0v) is 15.4. The molecule has 5 nitrogen and oxygen atoms in total. The average molecular weight is 430 g/mol. The van der Waals surface area contributed by atoms with Crippen molar-refractivity contribution >= 4 is 48.6 Å². The Morgan fingerprint density at radius 2 is 1.88 bits per heavy atom.